The lowest BCUT2D eigenvalue weighted by Gasteiger charge is -2.22. The molecule has 5 nitrogen and oxygen atoms in total. The molecule has 1 aliphatic rings. The maximum atomic E-state index is 5.76. The van der Waals surface area contributed by atoms with E-state index >= 15 is 0 Å². The number of methoxy groups -OCH3 is 1. The van der Waals surface area contributed by atoms with Gasteiger partial charge in [-0.15, -0.1) is 0 Å². The molecule has 26 heavy (non-hydrogen) atoms. The highest BCUT2D eigenvalue weighted by atomic mass is 16.5. The van der Waals surface area contributed by atoms with Crippen LogP contribution in [0.4, 0.5) is 0 Å². The summed E-state index contributed by atoms with van der Waals surface area (Å²) >= 11 is 0. The Labute approximate surface area is 155 Å². The Hall–Kier alpha value is -2.69. The first-order valence-electron chi connectivity index (χ1n) is 9.07. The number of aliphatic imine (C=N–C) groups is 1. The Morgan fingerprint density at radius 1 is 1.12 bits per heavy atom. The first kappa shape index (κ1) is 18.1. The number of guanidine groups is 1. The van der Waals surface area contributed by atoms with Crippen LogP contribution < -0.4 is 14.8 Å². The van der Waals surface area contributed by atoms with Crippen molar-refractivity contribution < 1.29 is 9.47 Å². The maximum absolute atomic E-state index is 5.76. The van der Waals surface area contributed by atoms with E-state index in [-0.39, 0.29) is 0 Å². The molecule has 3 rings (SSSR count). The zero-order valence-electron chi connectivity index (χ0n) is 15.5. The SMILES string of the molecule is CN=C(NCCOc1ccc(OC)cc1)N1CCC(c2ccccc2)C1. The highest BCUT2D eigenvalue weighted by Gasteiger charge is 2.25. The van der Waals surface area contributed by atoms with Crippen LogP contribution in [0.2, 0.25) is 0 Å². The molecule has 1 heterocycles. The molecule has 0 bridgehead atoms. The van der Waals surface area contributed by atoms with Gasteiger partial charge in [0.2, 0.25) is 0 Å². The van der Waals surface area contributed by atoms with E-state index in [9.17, 15) is 0 Å². The summed E-state index contributed by atoms with van der Waals surface area (Å²) in [5.74, 6) is 3.19. The van der Waals surface area contributed by atoms with Gasteiger partial charge in [0, 0.05) is 26.1 Å². The molecule has 1 saturated heterocycles. The van der Waals surface area contributed by atoms with Crippen LogP contribution in [0.15, 0.2) is 59.6 Å². The average Bonchev–Trinajstić information content (AvgIpc) is 3.19. The number of hydrogen-bond acceptors (Lipinski definition) is 3. The second kappa shape index (κ2) is 9.13. The highest BCUT2D eigenvalue weighted by molar-refractivity contribution is 5.80. The van der Waals surface area contributed by atoms with Gasteiger partial charge in [0.25, 0.3) is 0 Å². The normalized spacial score (nSPS) is 17.2. The van der Waals surface area contributed by atoms with Crippen LogP contribution in [0, 0.1) is 0 Å². The lowest BCUT2D eigenvalue weighted by atomic mass is 9.99. The molecule has 0 saturated carbocycles. The summed E-state index contributed by atoms with van der Waals surface area (Å²) in [5.41, 5.74) is 1.41. The predicted octanol–water partition coefficient (Wildman–Crippen LogP) is 3.14. The molecule has 1 unspecified atom stereocenters. The fourth-order valence-corrected chi connectivity index (χ4v) is 3.29. The minimum atomic E-state index is 0.574. The van der Waals surface area contributed by atoms with Gasteiger partial charge in [-0.25, -0.2) is 0 Å². The van der Waals surface area contributed by atoms with Gasteiger partial charge in [0.05, 0.1) is 13.7 Å². The topological polar surface area (TPSA) is 46.1 Å². The van der Waals surface area contributed by atoms with E-state index in [0.717, 1.165) is 37.0 Å². The maximum Gasteiger partial charge on any atom is 0.193 e. The van der Waals surface area contributed by atoms with Crippen LogP contribution in [0.25, 0.3) is 0 Å². The minimum Gasteiger partial charge on any atom is -0.497 e. The molecule has 1 fully saturated rings. The van der Waals surface area contributed by atoms with Crippen LogP contribution in [0.3, 0.4) is 0 Å². The molecule has 5 heteroatoms. The lowest BCUT2D eigenvalue weighted by Crippen LogP contribution is -2.41. The van der Waals surface area contributed by atoms with Gasteiger partial charge < -0.3 is 19.7 Å². The minimum absolute atomic E-state index is 0.574. The van der Waals surface area contributed by atoms with Gasteiger partial charge in [0.1, 0.15) is 18.1 Å². The molecular weight excluding hydrogens is 326 g/mol. The molecule has 0 aromatic heterocycles. The highest BCUT2D eigenvalue weighted by Crippen LogP contribution is 2.26. The zero-order valence-corrected chi connectivity index (χ0v) is 15.5. The molecule has 0 radical (unpaired) electrons. The van der Waals surface area contributed by atoms with E-state index in [0.29, 0.717) is 19.1 Å². The quantitative estimate of drug-likeness (QED) is 0.492. The van der Waals surface area contributed by atoms with Crippen molar-refractivity contribution in [2.75, 3.05) is 40.4 Å². The van der Waals surface area contributed by atoms with Gasteiger partial charge >= 0.3 is 0 Å². The molecule has 1 N–H and O–H groups in total. The third-order valence-electron chi connectivity index (χ3n) is 4.68. The van der Waals surface area contributed by atoms with Crippen molar-refractivity contribution in [1.82, 2.24) is 10.2 Å². The number of rotatable bonds is 6. The number of likely N-dealkylation sites (tertiary alicyclic amines) is 1. The summed E-state index contributed by atoms with van der Waals surface area (Å²) < 4.78 is 10.9. The van der Waals surface area contributed by atoms with E-state index < -0.39 is 0 Å². The van der Waals surface area contributed by atoms with Gasteiger partial charge in [-0.1, -0.05) is 30.3 Å². The number of nitrogens with zero attached hydrogens (tertiary/aromatic N) is 2. The van der Waals surface area contributed by atoms with Crippen LogP contribution in [-0.4, -0.2) is 51.3 Å². The van der Waals surface area contributed by atoms with Crippen molar-refractivity contribution in [3.05, 3.63) is 60.2 Å². The summed E-state index contributed by atoms with van der Waals surface area (Å²) in [7, 11) is 3.49. The molecule has 0 spiro atoms. The van der Waals surface area contributed by atoms with Gasteiger partial charge in [-0.3, -0.25) is 4.99 Å². The van der Waals surface area contributed by atoms with Crippen LogP contribution in [-0.2, 0) is 0 Å². The van der Waals surface area contributed by atoms with E-state index in [1.54, 1.807) is 7.11 Å². The second-order valence-electron chi connectivity index (χ2n) is 6.34. The Bertz CT molecular complexity index is 701. The third-order valence-corrected chi connectivity index (χ3v) is 4.68. The monoisotopic (exact) mass is 353 g/mol. The van der Waals surface area contributed by atoms with Gasteiger partial charge in [-0.05, 0) is 36.2 Å². The fraction of sp³-hybridized carbons (Fsp3) is 0.381. The molecular formula is C21H27N3O2. The molecule has 0 amide bonds. The first-order chi connectivity index (χ1) is 12.8. The molecule has 1 aliphatic heterocycles. The van der Waals surface area contributed by atoms with Crippen molar-refractivity contribution >= 4 is 5.96 Å². The van der Waals surface area contributed by atoms with E-state index in [1.807, 2.05) is 31.3 Å². The third kappa shape index (κ3) is 4.69. The number of nitrogens with one attached hydrogen (secondary N) is 1. The standard InChI is InChI=1S/C21H27N3O2/c1-22-21(23-13-15-26-20-10-8-19(25-2)9-11-20)24-14-12-18(16-24)17-6-4-3-5-7-17/h3-11,18H,12-16H2,1-2H3,(H,22,23). The first-order valence-corrected chi connectivity index (χ1v) is 9.07. The molecule has 0 aliphatic carbocycles. The molecule has 2 aromatic carbocycles. The van der Waals surface area contributed by atoms with E-state index in [2.05, 4.69) is 45.5 Å². The smallest absolute Gasteiger partial charge is 0.193 e. The Balaban J connectivity index is 1.43. The second-order valence-corrected chi connectivity index (χ2v) is 6.34. The molecule has 1 atom stereocenters. The molecule has 2 aromatic rings. The summed E-state index contributed by atoms with van der Waals surface area (Å²) in [4.78, 5) is 6.75. The number of hydrogen-bond donors (Lipinski definition) is 1. The Morgan fingerprint density at radius 3 is 2.54 bits per heavy atom. The number of ether oxygens (including phenoxy) is 2. The predicted molar refractivity (Wildman–Crippen MR) is 105 cm³/mol. The van der Waals surface area contributed by atoms with Crippen molar-refractivity contribution in [3.8, 4) is 11.5 Å². The summed E-state index contributed by atoms with van der Waals surface area (Å²) in [6.45, 7) is 3.33. The number of benzene rings is 2. The molecule has 138 valence electrons. The summed E-state index contributed by atoms with van der Waals surface area (Å²) in [5, 5.41) is 3.40. The van der Waals surface area contributed by atoms with Crippen molar-refractivity contribution in [2.45, 2.75) is 12.3 Å². The van der Waals surface area contributed by atoms with Crippen molar-refractivity contribution in [1.29, 1.82) is 0 Å². The summed E-state index contributed by atoms with van der Waals surface area (Å²) in [6, 6.07) is 18.4. The Morgan fingerprint density at radius 2 is 1.85 bits per heavy atom. The Kier molecular flexibility index (Phi) is 6.36. The summed E-state index contributed by atoms with van der Waals surface area (Å²) in [6.07, 6.45) is 1.16. The van der Waals surface area contributed by atoms with Crippen molar-refractivity contribution in [2.24, 2.45) is 4.99 Å². The van der Waals surface area contributed by atoms with Gasteiger partial charge in [-0.2, -0.15) is 0 Å². The largest absolute Gasteiger partial charge is 0.497 e. The van der Waals surface area contributed by atoms with Crippen LogP contribution >= 0.6 is 0 Å². The van der Waals surface area contributed by atoms with Crippen LogP contribution in [0.5, 0.6) is 11.5 Å². The van der Waals surface area contributed by atoms with Gasteiger partial charge in [0.15, 0.2) is 5.96 Å². The van der Waals surface area contributed by atoms with E-state index in [1.165, 1.54) is 5.56 Å². The van der Waals surface area contributed by atoms with E-state index in [4.69, 9.17) is 9.47 Å². The van der Waals surface area contributed by atoms with Crippen LogP contribution in [0.1, 0.15) is 17.9 Å². The lowest BCUT2D eigenvalue weighted by molar-refractivity contribution is 0.318. The fourth-order valence-electron chi connectivity index (χ4n) is 3.29. The zero-order chi connectivity index (χ0) is 18.2. The average molecular weight is 353 g/mol. The van der Waals surface area contributed by atoms with Crippen molar-refractivity contribution in [3.63, 3.8) is 0 Å².